The fraction of sp³-hybridized carbons (Fsp3) is 0.929. The second-order valence-electron chi connectivity index (χ2n) is 6.64. The monoisotopic (exact) mass is 476 g/mol. The Morgan fingerprint density at radius 1 is 1.26 bits per heavy atom. The number of likely N-dealkylation sites (tertiary alicyclic amines) is 1. The van der Waals surface area contributed by atoms with Crippen molar-refractivity contribution in [3.63, 3.8) is 0 Å². The lowest BCUT2D eigenvalue weighted by molar-refractivity contribution is 0.370. The van der Waals surface area contributed by atoms with Gasteiger partial charge in [-0.05, 0) is 11.8 Å². The standard InChI is InChI=1S/C14H28N4O2S2.HI/c1-14(2)4-6-17(12-14)13(15-3)16-5-11-22(19,20)18-7-9-21-10-8-18;/h4-12H2,1-3H3,(H,15,16);1H. The van der Waals surface area contributed by atoms with Crippen LogP contribution in [0.3, 0.4) is 0 Å². The molecule has 2 aliphatic rings. The van der Waals surface area contributed by atoms with E-state index in [0.29, 0.717) is 25.0 Å². The molecule has 2 fully saturated rings. The maximum absolute atomic E-state index is 12.3. The number of sulfonamides is 1. The first kappa shape index (κ1) is 21.3. The second kappa shape index (κ2) is 9.10. The largest absolute Gasteiger partial charge is 0.355 e. The number of hydrogen-bond acceptors (Lipinski definition) is 4. The van der Waals surface area contributed by atoms with E-state index in [1.165, 1.54) is 0 Å². The first-order chi connectivity index (χ1) is 10.3. The van der Waals surface area contributed by atoms with Crippen molar-refractivity contribution in [2.45, 2.75) is 20.3 Å². The molecule has 0 atom stereocenters. The third-order valence-electron chi connectivity index (χ3n) is 4.20. The van der Waals surface area contributed by atoms with Crippen LogP contribution in [0.1, 0.15) is 20.3 Å². The Bertz CT molecular complexity index is 505. The molecular formula is C14H29IN4O2S2. The Morgan fingerprint density at radius 2 is 1.91 bits per heavy atom. The summed E-state index contributed by atoms with van der Waals surface area (Å²) in [7, 11) is -1.40. The predicted octanol–water partition coefficient (Wildman–Crippen LogP) is 1.29. The van der Waals surface area contributed by atoms with Gasteiger partial charge in [-0.15, -0.1) is 24.0 Å². The smallest absolute Gasteiger partial charge is 0.215 e. The van der Waals surface area contributed by atoms with Crippen LogP contribution in [0.15, 0.2) is 4.99 Å². The third kappa shape index (κ3) is 6.24. The van der Waals surface area contributed by atoms with Crippen molar-refractivity contribution in [2.75, 3.05) is 57.0 Å². The summed E-state index contributed by atoms with van der Waals surface area (Å²) >= 11 is 1.82. The first-order valence-electron chi connectivity index (χ1n) is 7.85. The molecule has 2 aliphatic heterocycles. The highest BCUT2D eigenvalue weighted by Gasteiger charge is 2.31. The lowest BCUT2D eigenvalue weighted by atomic mass is 9.93. The van der Waals surface area contributed by atoms with Crippen molar-refractivity contribution in [3.05, 3.63) is 0 Å². The normalized spacial score (nSPS) is 22.7. The minimum absolute atomic E-state index is 0. The highest BCUT2D eigenvalue weighted by Crippen LogP contribution is 2.28. The number of aliphatic imine (C=N–C) groups is 1. The number of thioether (sulfide) groups is 1. The van der Waals surface area contributed by atoms with Gasteiger partial charge in [-0.2, -0.15) is 11.8 Å². The lowest BCUT2D eigenvalue weighted by Crippen LogP contribution is -2.45. The molecule has 2 saturated heterocycles. The molecule has 0 aromatic rings. The van der Waals surface area contributed by atoms with Crippen molar-refractivity contribution in [3.8, 4) is 0 Å². The highest BCUT2D eigenvalue weighted by molar-refractivity contribution is 14.0. The summed E-state index contributed by atoms with van der Waals surface area (Å²) in [6, 6.07) is 0. The summed E-state index contributed by atoms with van der Waals surface area (Å²) in [6.07, 6.45) is 1.14. The van der Waals surface area contributed by atoms with Crippen molar-refractivity contribution in [1.82, 2.24) is 14.5 Å². The second-order valence-corrected chi connectivity index (χ2v) is 9.95. The topological polar surface area (TPSA) is 65.0 Å². The summed E-state index contributed by atoms with van der Waals surface area (Å²) in [5.41, 5.74) is 0.301. The van der Waals surface area contributed by atoms with Crippen LogP contribution < -0.4 is 5.32 Å². The molecular weight excluding hydrogens is 447 g/mol. The van der Waals surface area contributed by atoms with Crippen LogP contribution in [0.2, 0.25) is 0 Å². The van der Waals surface area contributed by atoms with Crippen molar-refractivity contribution in [1.29, 1.82) is 0 Å². The summed E-state index contributed by atoms with van der Waals surface area (Å²) in [5.74, 6) is 2.75. The zero-order valence-electron chi connectivity index (χ0n) is 14.2. The molecule has 0 bridgehead atoms. The van der Waals surface area contributed by atoms with Crippen LogP contribution in [0, 0.1) is 5.41 Å². The van der Waals surface area contributed by atoms with Gasteiger partial charge in [-0.3, -0.25) is 4.99 Å². The molecule has 23 heavy (non-hydrogen) atoms. The molecule has 6 nitrogen and oxygen atoms in total. The molecule has 2 rings (SSSR count). The average molecular weight is 476 g/mol. The molecule has 0 aliphatic carbocycles. The SMILES string of the molecule is CN=C(NCCS(=O)(=O)N1CCSCC1)N1CCC(C)(C)C1.I. The van der Waals surface area contributed by atoms with E-state index in [0.717, 1.165) is 37.0 Å². The van der Waals surface area contributed by atoms with Gasteiger partial charge in [0.25, 0.3) is 0 Å². The van der Waals surface area contributed by atoms with E-state index in [4.69, 9.17) is 0 Å². The molecule has 0 amide bonds. The number of halogens is 1. The summed E-state index contributed by atoms with van der Waals surface area (Å²) in [6.45, 7) is 8.13. The average Bonchev–Trinajstić information content (AvgIpc) is 2.84. The molecule has 136 valence electrons. The number of nitrogens with zero attached hydrogens (tertiary/aromatic N) is 3. The molecule has 0 aromatic carbocycles. The van der Waals surface area contributed by atoms with Gasteiger partial charge in [0.2, 0.25) is 10.0 Å². The molecule has 0 aromatic heterocycles. The van der Waals surface area contributed by atoms with Crippen LogP contribution in [0.25, 0.3) is 0 Å². The molecule has 1 N–H and O–H groups in total. The molecule has 0 unspecified atom stereocenters. The lowest BCUT2D eigenvalue weighted by Gasteiger charge is -2.27. The zero-order valence-corrected chi connectivity index (χ0v) is 18.2. The van der Waals surface area contributed by atoms with Crippen LogP contribution in [0.5, 0.6) is 0 Å². The van der Waals surface area contributed by atoms with Gasteiger partial charge in [-0.25, -0.2) is 12.7 Å². The van der Waals surface area contributed by atoms with Crippen LogP contribution in [-0.2, 0) is 10.0 Å². The molecule has 0 radical (unpaired) electrons. The fourth-order valence-corrected chi connectivity index (χ4v) is 5.36. The summed E-state index contributed by atoms with van der Waals surface area (Å²) in [5, 5.41) is 3.21. The Labute approximate surface area is 161 Å². The van der Waals surface area contributed by atoms with E-state index >= 15 is 0 Å². The van der Waals surface area contributed by atoms with E-state index in [1.54, 1.807) is 11.4 Å². The fourth-order valence-electron chi connectivity index (χ4n) is 2.87. The summed E-state index contributed by atoms with van der Waals surface area (Å²) in [4.78, 5) is 6.50. The molecule has 9 heteroatoms. The van der Waals surface area contributed by atoms with Crippen LogP contribution in [-0.4, -0.2) is 80.6 Å². The minimum Gasteiger partial charge on any atom is -0.355 e. The van der Waals surface area contributed by atoms with Crippen LogP contribution in [0.4, 0.5) is 0 Å². The number of guanidine groups is 1. The van der Waals surface area contributed by atoms with E-state index in [2.05, 4.69) is 29.1 Å². The predicted molar refractivity (Wildman–Crippen MR) is 109 cm³/mol. The Morgan fingerprint density at radius 3 is 2.43 bits per heavy atom. The van der Waals surface area contributed by atoms with Gasteiger partial charge in [0.15, 0.2) is 5.96 Å². The van der Waals surface area contributed by atoms with Crippen molar-refractivity contribution >= 4 is 51.7 Å². The van der Waals surface area contributed by atoms with Gasteiger partial charge >= 0.3 is 0 Å². The maximum Gasteiger partial charge on any atom is 0.215 e. The highest BCUT2D eigenvalue weighted by atomic mass is 127. The van der Waals surface area contributed by atoms with Gasteiger partial charge in [0.1, 0.15) is 0 Å². The zero-order chi connectivity index (χ0) is 16.2. The maximum atomic E-state index is 12.3. The van der Waals surface area contributed by atoms with Gasteiger partial charge < -0.3 is 10.2 Å². The molecule has 0 saturated carbocycles. The van der Waals surface area contributed by atoms with Gasteiger partial charge in [-0.1, -0.05) is 13.8 Å². The molecule has 2 heterocycles. The minimum atomic E-state index is -3.15. The van der Waals surface area contributed by atoms with Gasteiger partial charge in [0, 0.05) is 51.3 Å². The number of hydrogen-bond donors (Lipinski definition) is 1. The molecule has 0 spiro atoms. The Hall–Kier alpha value is 0.260. The van der Waals surface area contributed by atoms with E-state index in [-0.39, 0.29) is 29.7 Å². The third-order valence-corrected chi connectivity index (χ3v) is 7.01. The Balaban J connectivity index is 0.00000264. The summed E-state index contributed by atoms with van der Waals surface area (Å²) < 4.78 is 26.2. The van der Waals surface area contributed by atoms with E-state index in [1.807, 2.05) is 11.8 Å². The quantitative estimate of drug-likeness (QED) is 0.377. The van der Waals surface area contributed by atoms with Crippen molar-refractivity contribution < 1.29 is 8.42 Å². The van der Waals surface area contributed by atoms with E-state index < -0.39 is 10.0 Å². The van der Waals surface area contributed by atoms with Crippen molar-refractivity contribution in [2.24, 2.45) is 10.4 Å². The van der Waals surface area contributed by atoms with Crippen LogP contribution >= 0.6 is 35.7 Å². The van der Waals surface area contributed by atoms with Gasteiger partial charge in [0.05, 0.1) is 5.75 Å². The first-order valence-corrected chi connectivity index (χ1v) is 10.6. The number of rotatable bonds is 4. The Kier molecular flexibility index (Phi) is 8.42. The van der Waals surface area contributed by atoms with E-state index in [9.17, 15) is 8.42 Å². The number of nitrogens with one attached hydrogen (secondary N) is 1.